The Bertz CT molecular complexity index is 434. The van der Waals surface area contributed by atoms with Crippen molar-refractivity contribution in [2.24, 2.45) is 11.3 Å². The van der Waals surface area contributed by atoms with Gasteiger partial charge in [-0.3, -0.25) is 4.79 Å². The summed E-state index contributed by atoms with van der Waals surface area (Å²) in [4.78, 5) is 26.0. The number of hydrogen-bond acceptors (Lipinski definition) is 3. The molecular formula is C15H25N3O3. The highest BCUT2D eigenvalue weighted by Crippen LogP contribution is 2.38. The fraction of sp³-hybridized carbons (Fsp3) is 0.867. The number of nitrogens with one attached hydrogen (secondary N) is 2. The second-order valence-corrected chi connectivity index (χ2v) is 7.03. The molecule has 1 saturated carbocycles. The minimum atomic E-state index is -0.827. The fourth-order valence-electron chi connectivity index (χ4n) is 4.15. The van der Waals surface area contributed by atoms with Gasteiger partial charge in [0.2, 0.25) is 0 Å². The zero-order valence-corrected chi connectivity index (χ0v) is 12.6. The lowest BCUT2D eigenvalue weighted by molar-refractivity contribution is -0.148. The summed E-state index contributed by atoms with van der Waals surface area (Å²) >= 11 is 0. The normalized spacial score (nSPS) is 41.8. The van der Waals surface area contributed by atoms with Gasteiger partial charge >= 0.3 is 12.0 Å². The van der Waals surface area contributed by atoms with Crippen molar-refractivity contribution in [3.05, 3.63) is 0 Å². The first-order valence-electron chi connectivity index (χ1n) is 8.02. The van der Waals surface area contributed by atoms with E-state index in [0.29, 0.717) is 12.3 Å². The van der Waals surface area contributed by atoms with Crippen molar-refractivity contribution in [3.63, 3.8) is 0 Å². The lowest BCUT2D eigenvalue weighted by Gasteiger charge is -2.45. The summed E-state index contributed by atoms with van der Waals surface area (Å²) < 4.78 is 0. The SMILES string of the molecule is CC1(C(=O)O)CCCC1NC(=O)NC1CN2CCC1CC2. The van der Waals surface area contributed by atoms with Crippen molar-refractivity contribution < 1.29 is 14.7 Å². The summed E-state index contributed by atoms with van der Waals surface area (Å²) in [5.41, 5.74) is -0.827. The number of aliphatic carboxylic acids is 1. The van der Waals surface area contributed by atoms with Crippen LogP contribution in [0.15, 0.2) is 0 Å². The van der Waals surface area contributed by atoms with Gasteiger partial charge in [-0.1, -0.05) is 6.42 Å². The fourth-order valence-corrected chi connectivity index (χ4v) is 4.15. The van der Waals surface area contributed by atoms with E-state index >= 15 is 0 Å². The molecule has 3 aliphatic heterocycles. The predicted octanol–water partition coefficient (Wildman–Crippen LogP) is 1.02. The van der Waals surface area contributed by atoms with Gasteiger partial charge in [0.05, 0.1) is 5.41 Å². The van der Waals surface area contributed by atoms with Crippen LogP contribution in [0.5, 0.6) is 0 Å². The standard InChI is InChI=1S/C15H25N3O3/c1-15(13(19)20)6-2-3-12(15)17-14(21)16-11-9-18-7-4-10(11)5-8-18/h10-12H,2-9H2,1H3,(H,19,20)(H2,16,17,21). The van der Waals surface area contributed by atoms with Crippen LogP contribution in [-0.2, 0) is 4.79 Å². The van der Waals surface area contributed by atoms with E-state index in [2.05, 4.69) is 15.5 Å². The molecule has 1 aliphatic carbocycles. The summed E-state index contributed by atoms with van der Waals surface area (Å²) in [6.07, 6.45) is 4.54. The van der Waals surface area contributed by atoms with Gasteiger partial charge in [-0.2, -0.15) is 0 Å². The first kappa shape index (κ1) is 14.6. The molecule has 0 radical (unpaired) electrons. The lowest BCUT2D eigenvalue weighted by atomic mass is 9.84. The third kappa shape index (κ3) is 2.73. The van der Waals surface area contributed by atoms with E-state index in [1.807, 2.05) is 0 Å². The Labute approximate surface area is 125 Å². The number of carboxylic acid groups (broad SMARTS) is 1. The van der Waals surface area contributed by atoms with Gasteiger partial charge in [0.25, 0.3) is 0 Å². The second-order valence-electron chi connectivity index (χ2n) is 7.03. The van der Waals surface area contributed by atoms with Gasteiger partial charge in [0.1, 0.15) is 0 Å². The number of urea groups is 1. The maximum atomic E-state index is 12.2. The summed E-state index contributed by atoms with van der Waals surface area (Å²) in [5, 5.41) is 15.4. The Hall–Kier alpha value is -1.30. The highest BCUT2D eigenvalue weighted by molar-refractivity contribution is 5.79. The largest absolute Gasteiger partial charge is 0.481 e. The van der Waals surface area contributed by atoms with Gasteiger partial charge < -0.3 is 20.6 Å². The molecule has 4 aliphatic rings. The molecule has 21 heavy (non-hydrogen) atoms. The van der Waals surface area contributed by atoms with E-state index in [0.717, 1.165) is 45.3 Å². The monoisotopic (exact) mass is 295 g/mol. The molecule has 0 aromatic rings. The van der Waals surface area contributed by atoms with Crippen molar-refractivity contribution >= 4 is 12.0 Å². The quantitative estimate of drug-likeness (QED) is 0.726. The Balaban J connectivity index is 1.56. The highest BCUT2D eigenvalue weighted by Gasteiger charge is 2.46. The van der Waals surface area contributed by atoms with Crippen LogP contribution < -0.4 is 10.6 Å². The first-order chi connectivity index (χ1) is 9.99. The Morgan fingerprint density at radius 2 is 1.90 bits per heavy atom. The molecule has 6 heteroatoms. The minimum Gasteiger partial charge on any atom is -0.481 e. The number of carbonyl (C=O) groups excluding carboxylic acids is 1. The average Bonchev–Trinajstić information content (AvgIpc) is 2.83. The van der Waals surface area contributed by atoms with Crippen LogP contribution in [0, 0.1) is 11.3 Å². The molecule has 6 nitrogen and oxygen atoms in total. The van der Waals surface area contributed by atoms with Crippen LogP contribution in [-0.4, -0.2) is 53.7 Å². The van der Waals surface area contributed by atoms with Crippen LogP contribution in [0.4, 0.5) is 4.79 Å². The molecule has 3 saturated heterocycles. The van der Waals surface area contributed by atoms with Gasteiger partial charge in [-0.25, -0.2) is 4.79 Å². The summed E-state index contributed by atoms with van der Waals surface area (Å²) in [6.45, 7) is 4.95. The number of carbonyl (C=O) groups is 2. The third-order valence-corrected chi connectivity index (χ3v) is 5.72. The maximum absolute atomic E-state index is 12.2. The van der Waals surface area contributed by atoms with Crippen molar-refractivity contribution in [3.8, 4) is 0 Å². The Kier molecular flexibility index (Phi) is 3.82. The van der Waals surface area contributed by atoms with E-state index in [4.69, 9.17) is 0 Å². The lowest BCUT2D eigenvalue weighted by Crippen LogP contribution is -2.60. The zero-order valence-electron chi connectivity index (χ0n) is 12.6. The van der Waals surface area contributed by atoms with Gasteiger partial charge in [-0.05, 0) is 51.6 Å². The molecule has 3 heterocycles. The molecule has 0 aromatic carbocycles. The average molecular weight is 295 g/mol. The van der Waals surface area contributed by atoms with Gasteiger partial charge in [-0.15, -0.1) is 0 Å². The number of amides is 2. The molecule has 4 rings (SSSR count). The van der Waals surface area contributed by atoms with E-state index in [1.165, 1.54) is 0 Å². The number of nitrogens with zero attached hydrogens (tertiary/aromatic N) is 1. The van der Waals surface area contributed by atoms with E-state index in [-0.39, 0.29) is 18.1 Å². The summed E-state index contributed by atoms with van der Waals surface area (Å²) in [6, 6.07) is -0.255. The Morgan fingerprint density at radius 3 is 2.48 bits per heavy atom. The highest BCUT2D eigenvalue weighted by atomic mass is 16.4. The van der Waals surface area contributed by atoms with Crippen LogP contribution in [0.3, 0.4) is 0 Å². The van der Waals surface area contributed by atoms with E-state index < -0.39 is 11.4 Å². The summed E-state index contributed by atoms with van der Waals surface area (Å²) in [5.74, 6) is -0.233. The van der Waals surface area contributed by atoms with Crippen molar-refractivity contribution in [2.45, 2.75) is 51.1 Å². The zero-order chi connectivity index (χ0) is 15.0. The van der Waals surface area contributed by atoms with Gasteiger partial charge in [0, 0.05) is 18.6 Å². The summed E-state index contributed by atoms with van der Waals surface area (Å²) in [7, 11) is 0. The van der Waals surface area contributed by atoms with Crippen molar-refractivity contribution in [2.75, 3.05) is 19.6 Å². The minimum absolute atomic E-state index is 0.201. The van der Waals surface area contributed by atoms with Crippen LogP contribution in [0.2, 0.25) is 0 Å². The molecule has 4 fully saturated rings. The number of fused-ring (bicyclic) bond motifs is 3. The van der Waals surface area contributed by atoms with Crippen molar-refractivity contribution in [1.82, 2.24) is 15.5 Å². The Morgan fingerprint density at radius 1 is 1.19 bits per heavy atom. The molecule has 3 atom stereocenters. The number of rotatable bonds is 3. The molecule has 2 bridgehead atoms. The molecular weight excluding hydrogens is 270 g/mol. The van der Waals surface area contributed by atoms with Crippen LogP contribution in [0.25, 0.3) is 0 Å². The molecule has 0 aromatic heterocycles. The molecule has 3 unspecified atom stereocenters. The first-order valence-corrected chi connectivity index (χ1v) is 8.02. The topological polar surface area (TPSA) is 81.7 Å². The number of piperidine rings is 3. The maximum Gasteiger partial charge on any atom is 0.315 e. The number of hydrogen-bond donors (Lipinski definition) is 3. The van der Waals surface area contributed by atoms with Crippen LogP contribution >= 0.6 is 0 Å². The predicted molar refractivity (Wildman–Crippen MR) is 78.0 cm³/mol. The van der Waals surface area contributed by atoms with E-state index in [9.17, 15) is 14.7 Å². The molecule has 118 valence electrons. The molecule has 3 N–H and O–H groups in total. The van der Waals surface area contributed by atoms with Crippen molar-refractivity contribution in [1.29, 1.82) is 0 Å². The molecule has 2 amide bonds. The van der Waals surface area contributed by atoms with E-state index in [1.54, 1.807) is 6.92 Å². The molecule has 0 spiro atoms. The van der Waals surface area contributed by atoms with Gasteiger partial charge in [0.15, 0.2) is 0 Å². The second kappa shape index (κ2) is 5.48. The number of carboxylic acids is 1. The third-order valence-electron chi connectivity index (χ3n) is 5.72. The van der Waals surface area contributed by atoms with Crippen LogP contribution in [0.1, 0.15) is 39.0 Å². The smallest absolute Gasteiger partial charge is 0.315 e.